The molecule has 2 aromatic rings. The van der Waals surface area contributed by atoms with Crippen LogP contribution in [0, 0.1) is 0 Å². The second-order valence-corrected chi connectivity index (χ2v) is 9.89. The zero-order chi connectivity index (χ0) is 21.1. The van der Waals surface area contributed by atoms with Gasteiger partial charge in [0.1, 0.15) is 4.21 Å². The zero-order valence-corrected chi connectivity index (χ0v) is 17.1. The molecule has 5 nitrogen and oxygen atoms in total. The van der Waals surface area contributed by atoms with E-state index in [1.807, 2.05) is 0 Å². The van der Waals surface area contributed by atoms with Gasteiger partial charge in [-0.3, -0.25) is 4.79 Å². The Labute approximate surface area is 171 Å². The first-order chi connectivity index (χ1) is 13.7. The van der Waals surface area contributed by atoms with Crippen molar-refractivity contribution in [2.75, 3.05) is 13.1 Å². The molecule has 0 saturated carbocycles. The number of nitrogens with one attached hydrogen (secondary N) is 1. The second-order valence-electron chi connectivity index (χ2n) is 6.82. The van der Waals surface area contributed by atoms with Crippen LogP contribution in [0.2, 0.25) is 0 Å². The zero-order valence-electron chi connectivity index (χ0n) is 15.5. The predicted octanol–water partition coefficient (Wildman–Crippen LogP) is 4.13. The third-order valence-electron chi connectivity index (χ3n) is 4.85. The highest BCUT2D eigenvalue weighted by atomic mass is 32.2. The van der Waals surface area contributed by atoms with E-state index in [-0.39, 0.29) is 22.4 Å². The number of alkyl halides is 3. The first-order valence-corrected chi connectivity index (χ1v) is 11.5. The number of carbonyl (C=O) groups excluding carboxylic acids is 1. The van der Waals surface area contributed by atoms with E-state index in [1.165, 1.54) is 16.4 Å². The molecule has 1 fully saturated rings. The fraction of sp³-hybridized carbons (Fsp3) is 0.421. The van der Waals surface area contributed by atoms with Crippen molar-refractivity contribution in [1.82, 2.24) is 9.62 Å². The smallest absolute Gasteiger partial charge is 0.352 e. The summed E-state index contributed by atoms with van der Waals surface area (Å²) in [4.78, 5) is 12.2. The Hall–Kier alpha value is -1.91. The van der Waals surface area contributed by atoms with E-state index < -0.39 is 27.7 Å². The van der Waals surface area contributed by atoms with Gasteiger partial charge in [0.15, 0.2) is 0 Å². The topological polar surface area (TPSA) is 66.5 Å². The number of benzene rings is 1. The number of rotatable bonds is 6. The average Bonchev–Trinajstić information content (AvgIpc) is 3.23. The summed E-state index contributed by atoms with van der Waals surface area (Å²) in [5.41, 5.74) is -0.961. The molecule has 0 aliphatic carbocycles. The van der Waals surface area contributed by atoms with Gasteiger partial charge in [-0.15, -0.1) is 11.3 Å². The average molecular weight is 447 g/mol. The minimum atomic E-state index is -4.52. The predicted molar refractivity (Wildman–Crippen MR) is 104 cm³/mol. The summed E-state index contributed by atoms with van der Waals surface area (Å²) in [5, 5.41) is 4.32. The van der Waals surface area contributed by atoms with Crippen LogP contribution in [-0.4, -0.2) is 37.8 Å². The molecule has 29 heavy (non-hydrogen) atoms. The van der Waals surface area contributed by atoms with Gasteiger partial charge in [0.05, 0.1) is 5.56 Å². The van der Waals surface area contributed by atoms with Crippen LogP contribution in [0.5, 0.6) is 0 Å². The Balaban J connectivity index is 1.62. The highest BCUT2D eigenvalue weighted by molar-refractivity contribution is 7.91. The van der Waals surface area contributed by atoms with Gasteiger partial charge in [-0.05, 0) is 48.9 Å². The number of nitrogens with zero attached hydrogens (tertiary/aromatic N) is 1. The van der Waals surface area contributed by atoms with Crippen molar-refractivity contribution in [2.24, 2.45) is 0 Å². The molecule has 0 radical (unpaired) electrons. The maximum Gasteiger partial charge on any atom is 0.416 e. The maximum atomic E-state index is 12.9. The summed E-state index contributed by atoms with van der Waals surface area (Å²) in [6, 6.07) is 7.23. The summed E-state index contributed by atoms with van der Waals surface area (Å²) in [6.45, 7) is 0.600. The summed E-state index contributed by atoms with van der Waals surface area (Å²) < 4.78 is 65.9. The molecule has 1 aliphatic rings. The maximum absolute atomic E-state index is 12.9. The Morgan fingerprint density at radius 1 is 1.21 bits per heavy atom. The Kier molecular flexibility index (Phi) is 6.65. The third-order valence-corrected chi connectivity index (χ3v) is 8.17. The largest absolute Gasteiger partial charge is 0.416 e. The lowest BCUT2D eigenvalue weighted by atomic mass is 10.0. The Morgan fingerprint density at radius 3 is 2.69 bits per heavy atom. The second kappa shape index (κ2) is 8.85. The molecule has 1 aromatic heterocycles. The highest BCUT2D eigenvalue weighted by Gasteiger charge is 2.34. The van der Waals surface area contributed by atoms with Gasteiger partial charge >= 0.3 is 6.18 Å². The van der Waals surface area contributed by atoms with Crippen LogP contribution in [0.25, 0.3) is 0 Å². The van der Waals surface area contributed by atoms with E-state index in [0.717, 1.165) is 36.3 Å². The lowest BCUT2D eigenvalue weighted by Crippen LogP contribution is -2.44. The van der Waals surface area contributed by atoms with Crippen molar-refractivity contribution in [3.8, 4) is 0 Å². The lowest BCUT2D eigenvalue weighted by molar-refractivity contribution is -0.137. The number of halogens is 3. The number of thiophene rings is 1. The molecule has 1 atom stereocenters. The molecule has 1 N–H and O–H groups in total. The van der Waals surface area contributed by atoms with E-state index in [1.54, 1.807) is 17.5 Å². The molecule has 1 saturated heterocycles. The van der Waals surface area contributed by atoms with E-state index in [0.29, 0.717) is 19.4 Å². The van der Waals surface area contributed by atoms with Crippen LogP contribution in [0.15, 0.2) is 46.0 Å². The summed E-state index contributed by atoms with van der Waals surface area (Å²) in [7, 11) is -3.58. The number of piperidine rings is 1. The fourth-order valence-electron chi connectivity index (χ4n) is 3.40. The standard InChI is InChI=1S/C19H21F3N2O3S2/c20-19(21,22)15-6-3-5-14(13-15)18(25)23-10-9-16-7-1-2-11-24(16)29(26,27)17-8-4-12-28-17/h3-6,8,12-13,16H,1-2,7,9-11H2,(H,23,25). The monoisotopic (exact) mass is 446 g/mol. The molecule has 0 spiro atoms. The van der Waals surface area contributed by atoms with E-state index in [2.05, 4.69) is 5.32 Å². The minimum Gasteiger partial charge on any atom is -0.352 e. The molecule has 1 amide bonds. The van der Waals surface area contributed by atoms with Crippen LogP contribution in [-0.2, 0) is 16.2 Å². The third kappa shape index (κ3) is 5.18. The summed E-state index contributed by atoms with van der Waals surface area (Å²) >= 11 is 1.16. The number of hydrogen-bond donors (Lipinski definition) is 1. The SMILES string of the molecule is O=C(NCCC1CCCCN1S(=O)(=O)c1cccs1)c1cccc(C(F)(F)F)c1. The minimum absolute atomic E-state index is 0.0773. The van der Waals surface area contributed by atoms with Gasteiger partial charge < -0.3 is 5.32 Å². The van der Waals surface area contributed by atoms with E-state index in [9.17, 15) is 26.4 Å². The van der Waals surface area contributed by atoms with Crippen LogP contribution >= 0.6 is 11.3 Å². The molecule has 10 heteroatoms. The van der Waals surface area contributed by atoms with Crippen molar-refractivity contribution in [3.63, 3.8) is 0 Å². The molecular formula is C19H21F3N2O3S2. The number of amides is 1. The van der Waals surface area contributed by atoms with Crippen LogP contribution in [0.3, 0.4) is 0 Å². The Morgan fingerprint density at radius 2 is 2.00 bits per heavy atom. The van der Waals surface area contributed by atoms with Crippen molar-refractivity contribution < 1.29 is 26.4 Å². The molecule has 0 bridgehead atoms. The van der Waals surface area contributed by atoms with Crippen molar-refractivity contribution in [3.05, 3.63) is 52.9 Å². The first-order valence-electron chi connectivity index (χ1n) is 9.20. The molecule has 3 rings (SSSR count). The van der Waals surface area contributed by atoms with Gasteiger partial charge in [-0.25, -0.2) is 8.42 Å². The lowest BCUT2D eigenvalue weighted by Gasteiger charge is -2.34. The molecule has 1 aliphatic heterocycles. The quantitative estimate of drug-likeness (QED) is 0.726. The molecule has 2 heterocycles. The number of sulfonamides is 1. The van der Waals surface area contributed by atoms with Gasteiger partial charge in [-0.1, -0.05) is 18.6 Å². The number of hydrogen-bond acceptors (Lipinski definition) is 4. The normalized spacial score (nSPS) is 18.5. The van der Waals surface area contributed by atoms with Crippen molar-refractivity contribution in [2.45, 2.75) is 42.1 Å². The van der Waals surface area contributed by atoms with Crippen molar-refractivity contribution in [1.29, 1.82) is 0 Å². The van der Waals surface area contributed by atoms with Crippen LogP contribution in [0.4, 0.5) is 13.2 Å². The molecule has 1 unspecified atom stereocenters. The molecule has 1 aromatic carbocycles. The van der Waals surface area contributed by atoms with Crippen LogP contribution in [0.1, 0.15) is 41.6 Å². The highest BCUT2D eigenvalue weighted by Crippen LogP contribution is 2.30. The molecule has 158 valence electrons. The van der Waals surface area contributed by atoms with Gasteiger partial charge in [0.25, 0.3) is 15.9 Å². The van der Waals surface area contributed by atoms with Gasteiger partial charge in [0.2, 0.25) is 0 Å². The van der Waals surface area contributed by atoms with E-state index in [4.69, 9.17) is 0 Å². The number of carbonyl (C=O) groups is 1. The van der Waals surface area contributed by atoms with Gasteiger partial charge in [-0.2, -0.15) is 17.5 Å². The first kappa shape index (κ1) is 21.8. The molecular weight excluding hydrogens is 425 g/mol. The Bertz CT molecular complexity index is 944. The summed E-state index contributed by atoms with van der Waals surface area (Å²) in [5.74, 6) is -0.612. The fourth-order valence-corrected chi connectivity index (χ4v) is 6.24. The van der Waals surface area contributed by atoms with Crippen molar-refractivity contribution >= 4 is 27.3 Å². The summed E-state index contributed by atoms with van der Waals surface area (Å²) in [6.07, 6.45) is -1.77. The van der Waals surface area contributed by atoms with Gasteiger partial charge in [0, 0.05) is 24.7 Å². The van der Waals surface area contributed by atoms with Crippen LogP contribution < -0.4 is 5.32 Å². The van der Waals surface area contributed by atoms with E-state index >= 15 is 0 Å².